The van der Waals surface area contributed by atoms with Crippen molar-refractivity contribution in [1.82, 2.24) is 5.32 Å². The first-order chi connectivity index (χ1) is 8.04. The highest BCUT2D eigenvalue weighted by Gasteiger charge is 2.32. The first kappa shape index (κ1) is 12.2. The quantitative estimate of drug-likeness (QED) is 0.833. The Labute approximate surface area is 103 Å². The molecule has 0 saturated heterocycles. The topological polar surface area (TPSA) is 29.1 Å². The van der Waals surface area contributed by atoms with E-state index < -0.39 is 0 Å². The minimum absolute atomic E-state index is 0.143. The van der Waals surface area contributed by atoms with Crippen LogP contribution in [0.3, 0.4) is 0 Å². The van der Waals surface area contributed by atoms with Crippen LogP contribution in [0.5, 0.6) is 0 Å². The molecule has 0 spiro atoms. The first-order valence-corrected chi connectivity index (χ1v) is 6.34. The van der Waals surface area contributed by atoms with E-state index in [4.69, 9.17) is 0 Å². The Hall–Kier alpha value is -1.31. The molecule has 0 saturated carbocycles. The van der Waals surface area contributed by atoms with E-state index in [2.05, 4.69) is 43.4 Å². The Morgan fingerprint density at radius 2 is 2.12 bits per heavy atom. The van der Waals surface area contributed by atoms with Crippen LogP contribution in [-0.2, 0) is 10.2 Å². The van der Waals surface area contributed by atoms with Gasteiger partial charge >= 0.3 is 0 Å². The summed E-state index contributed by atoms with van der Waals surface area (Å²) in [7, 11) is 1.71. The molecule has 2 nitrogen and oxygen atoms in total. The summed E-state index contributed by atoms with van der Waals surface area (Å²) in [6, 6.07) is 8.58. The average molecular weight is 231 g/mol. The van der Waals surface area contributed by atoms with Gasteiger partial charge in [-0.1, -0.05) is 38.1 Å². The Morgan fingerprint density at radius 1 is 1.41 bits per heavy atom. The van der Waals surface area contributed by atoms with Crippen LogP contribution in [0.15, 0.2) is 24.3 Å². The van der Waals surface area contributed by atoms with Crippen LogP contribution >= 0.6 is 0 Å². The van der Waals surface area contributed by atoms with Gasteiger partial charge < -0.3 is 5.32 Å². The molecule has 1 atom stereocenters. The predicted molar refractivity (Wildman–Crippen MR) is 70.1 cm³/mol. The fraction of sp³-hybridized carbons (Fsp3) is 0.533. The van der Waals surface area contributed by atoms with E-state index in [1.165, 1.54) is 11.1 Å². The number of benzene rings is 1. The van der Waals surface area contributed by atoms with E-state index in [0.717, 1.165) is 12.8 Å². The Bertz CT molecular complexity index is 423. The van der Waals surface area contributed by atoms with Crippen molar-refractivity contribution in [2.75, 3.05) is 7.05 Å². The van der Waals surface area contributed by atoms with E-state index in [0.29, 0.717) is 12.3 Å². The smallest absolute Gasteiger partial charge is 0.220 e. The molecule has 17 heavy (non-hydrogen) atoms. The highest BCUT2D eigenvalue weighted by molar-refractivity contribution is 5.76. The van der Waals surface area contributed by atoms with Gasteiger partial charge in [-0.2, -0.15) is 0 Å². The van der Waals surface area contributed by atoms with Crippen LogP contribution < -0.4 is 5.32 Å². The fourth-order valence-electron chi connectivity index (χ4n) is 2.83. The standard InChI is InChI=1S/C15H21NO/c1-15(2)9-8-11(10-14(17)16-3)12-6-4-5-7-13(12)15/h4-7,11H,8-10H2,1-3H3,(H,16,17). The van der Waals surface area contributed by atoms with Crippen LogP contribution in [0, 0.1) is 0 Å². The maximum Gasteiger partial charge on any atom is 0.220 e. The second-order valence-electron chi connectivity index (χ2n) is 5.58. The van der Waals surface area contributed by atoms with Gasteiger partial charge in [0.25, 0.3) is 0 Å². The number of nitrogens with one attached hydrogen (secondary N) is 1. The lowest BCUT2D eigenvalue weighted by atomic mass is 9.68. The van der Waals surface area contributed by atoms with Crippen LogP contribution in [0.25, 0.3) is 0 Å². The van der Waals surface area contributed by atoms with Crippen LogP contribution in [0.1, 0.15) is 50.2 Å². The molecule has 1 aliphatic rings. The van der Waals surface area contributed by atoms with E-state index in [1.807, 2.05) is 0 Å². The third kappa shape index (κ3) is 2.36. The van der Waals surface area contributed by atoms with Crippen molar-refractivity contribution in [2.24, 2.45) is 0 Å². The number of carbonyl (C=O) groups excluding carboxylic acids is 1. The van der Waals surface area contributed by atoms with Crippen molar-refractivity contribution in [1.29, 1.82) is 0 Å². The SMILES string of the molecule is CNC(=O)CC1CCC(C)(C)c2ccccc21. The molecule has 0 bridgehead atoms. The molecule has 0 fully saturated rings. The molecule has 92 valence electrons. The molecule has 0 aromatic heterocycles. The Kier molecular flexibility index (Phi) is 3.23. The summed E-state index contributed by atoms with van der Waals surface area (Å²) >= 11 is 0. The van der Waals surface area contributed by atoms with Crippen LogP contribution in [0.4, 0.5) is 0 Å². The Balaban J connectivity index is 2.32. The number of carbonyl (C=O) groups is 1. The van der Waals surface area contributed by atoms with Crippen LogP contribution in [-0.4, -0.2) is 13.0 Å². The third-order valence-electron chi connectivity index (χ3n) is 3.96. The maximum absolute atomic E-state index is 11.5. The minimum atomic E-state index is 0.143. The summed E-state index contributed by atoms with van der Waals surface area (Å²) in [6.45, 7) is 4.59. The monoisotopic (exact) mass is 231 g/mol. The molecule has 0 aliphatic heterocycles. The maximum atomic E-state index is 11.5. The zero-order valence-corrected chi connectivity index (χ0v) is 10.9. The third-order valence-corrected chi connectivity index (χ3v) is 3.96. The summed E-state index contributed by atoms with van der Waals surface area (Å²) in [5.41, 5.74) is 3.03. The Morgan fingerprint density at radius 3 is 2.82 bits per heavy atom. The largest absolute Gasteiger partial charge is 0.359 e. The minimum Gasteiger partial charge on any atom is -0.359 e. The van der Waals surface area contributed by atoms with Crippen molar-refractivity contribution in [3.05, 3.63) is 35.4 Å². The van der Waals surface area contributed by atoms with E-state index in [9.17, 15) is 4.79 Å². The fourth-order valence-corrected chi connectivity index (χ4v) is 2.83. The summed E-state index contributed by atoms with van der Waals surface area (Å²) in [5, 5.41) is 2.72. The summed E-state index contributed by atoms with van der Waals surface area (Å²) < 4.78 is 0. The van der Waals surface area contributed by atoms with Crippen LogP contribution in [0.2, 0.25) is 0 Å². The highest BCUT2D eigenvalue weighted by Crippen LogP contribution is 2.43. The molecule has 1 unspecified atom stereocenters. The van der Waals surface area contributed by atoms with E-state index >= 15 is 0 Å². The second-order valence-corrected chi connectivity index (χ2v) is 5.58. The van der Waals surface area contributed by atoms with Crippen molar-refractivity contribution in [3.63, 3.8) is 0 Å². The van der Waals surface area contributed by atoms with Gasteiger partial charge in [-0.15, -0.1) is 0 Å². The number of fused-ring (bicyclic) bond motifs is 1. The molecule has 2 heteroatoms. The van der Waals surface area contributed by atoms with Gasteiger partial charge in [-0.05, 0) is 35.3 Å². The molecular weight excluding hydrogens is 210 g/mol. The lowest BCUT2D eigenvalue weighted by molar-refractivity contribution is -0.121. The van der Waals surface area contributed by atoms with E-state index in [1.54, 1.807) is 7.05 Å². The molecule has 1 aromatic rings. The second kappa shape index (κ2) is 4.52. The predicted octanol–water partition coefficient (Wildman–Crippen LogP) is 2.98. The molecule has 1 N–H and O–H groups in total. The van der Waals surface area contributed by atoms with Crippen molar-refractivity contribution in [3.8, 4) is 0 Å². The molecule has 1 aromatic carbocycles. The van der Waals surface area contributed by atoms with Gasteiger partial charge in [0.2, 0.25) is 5.91 Å². The number of rotatable bonds is 2. The molecule has 0 heterocycles. The summed E-state index contributed by atoms with van der Waals surface area (Å²) in [4.78, 5) is 11.5. The molecular formula is C15H21NO. The van der Waals surface area contributed by atoms with Gasteiger partial charge in [0.05, 0.1) is 0 Å². The highest BCUT2D eigenvalue weighted by atomic mass is 16.1. The molecule has 1 aliphatic carbocycles. The zero-order chi connectivity index (χ0) is 12.5. The first-order valence-electron chi connectivity index (χ1n) is 6.34. The normalized spacial score (nSPS) is 21.7. The van der Waals surface area contributed by atoms with Crippen molar-refractivity contribution < 1.29 is 4.79 Å². The van der Waals surface area contributed by atoms with Gasteiger partial charge in [0, 0.05) is 13.5 Å². The number of hydrogen-bond acceptors (Lipinski definition) is 1. The zero-order valence-electron chi connectivity index (χ0n) is 10.9. The van der Waals surface area contributed by atoms with Gasteiger partial charge in [0.15, 0.2) is 0 Å². The van der Waals surface area contributed by atoms with Crippen molar-refractivity contribution in [2.45, 2.75) is 44.4 Å². The molecule has 1 amide bonds. The van der Waals surface area contributed by atoms with Gasteiger partial charge in [-0.3, -0.25) is 4.79 Å². The lowest BCUT2D eigenvalue weighted by Gasteiger charge is -2.36. The van der Waals surface area contributed by atoms with Gasteiger partial charge in [0.1, 0.15) is 0 Å². The summed E-state index contributed by atoms with van der Waals surface area (Å²) in [5.74, 6) is 0.531. The van der Waals surface area contributed by atoms with Crippen molar-refractivity contribution >= 4 is 5.91 Å². The lowest BCUT2D eigenvalue weighted by Crippen LogP contribution is -2.29. The summed E-state index contributed by atoms with van der Waals surface area (Å²) in [6.07, 6.45) is 2.88. The number of amides is 1. The van der Waals surface area contributed by atoms with E-state index in [-0.39, 0.29) is 11.3 Å². The number of hydrogen-bond donors (Lipinski definition) is 1. The van der Waals surface area contributed by atoms with Gasteiger partial charge in [-0.25, -0.2) is 0 Å². The molecule has 2 rings (SSSR count). The molecule has 0 radical (unpaired) electrons. The average Bonchev–Trinajstić information content (AvgIpc) is 2.33.